The fourth-order valence-electron chi connectivity index (χ4n) is 1.29. The number of H-pyrrole nitrogens is 1. The molecule has 1 aromatic rings. The molecule has 1 amide bonds. The van der Waals surface area contributed by atoms with Crippen molar-refractivity contribution in [1.29, 1.82) is 0 Å². The van der Waals surface area contributed by atoms with E-state index in [1.807, 2.05) is 0 Å². The lowest BCUT2D eigenvalue weighted by atomic mass is 10.2. The smallest absolute Gasteiger partial charge is 0.406 e. The first kappa shape index (κ1) is 12.5. The van der Waals surface area contributed by atoms with Crippen molar-refractivity contribution < 1.29 is 14.6 Å². The van der Waals surface area contributed by atoms with Crippen LogP contribution in [0.2, 0.25) is 0 Å². The summed E-state index contributed by atoms with van der Waals surface area (Å²) >= 11 is 0. The van der Waals surface area contributed by atoms with Crippen molar-refractivity contribution in [3.05, 3.63) is 17.7 Å². The Balaban J connectivity index is 2.09. The average molecular weight is 227 g/mol. The second-order valence-corrected chi connectivity index (χ2v) is 3.39. The van der Waals surface area contributed by atoms with Gasteiger partial charge in [-0.05, 0) is 12.8 Å². The van der Waals surface area contributed by atoms with Gasteiger partial charge in [0.25, 0.3) is 0 Å². The highest BCUT2D eigenvalue weighted by Gasteiger charge is 2.00. The van der Waals surface area contributed by atoms with E-state index < -0.39 is 6.09 Å². The molecule has 0 spiro atoms. The van der Waals surface area contributed by atoms with Crippen LogP contribution in [0.1, 0.15) is 24.4 Å². The molecule has 0 aliphatic rings. The number of aromatic nitrogens is 2. The number of aliphatic hydroxyl groups is 1. The summed E-state index contributed by atoms with van der Waals surface area (Å²) in [4.78, 5) is 17.8. The minimum absolute atomic E-state index is 0.0170. The molecule has 0 saturated heterocycles. The Morgan fingerprint density at radius 1 is 1.62 bits per heavy atom. The number of amides is 1. The van der Waals surface area contributed by atoms with Gasteiger partial charge in [0.15, 0.2) is 0 Å². The van der Waals surface area contributed by atoms with E-state index in [1.54, 1.807) is 6.20 Å². The third kappa shape index (κ3) is 4.31. The molecular weight excluding hydrogens is 210 g/mol. The van der Waals surface area contributed by atoms with Gasteiger partial charge in [-0.25, -0.2) is 9.78 Å². The number of rotatable bonds is 6. The first-order chi connectivity index (χ1) is 7.76. The Morgan fingerprint density at radius 2 is 2.44 bits per heavy atom. The number of aryl methyl sites for hydroxylation is 1. The van der Waals surface area contributed by atoms with Gasteiger partial charge in [0, 0.05) is 13.0 Å². The number of alkyl carbamates (subject to hydrolysis) is 1. The van der Waals surface area contributed by atoms with Gasteiger partial charge in [0.1, 0.15) is 5.82 Å². The predicted molar refractivity (Wildman–Crippen MR) is 57.9 cm³/mol. The van der Waals surface area contributed by atoms with E-state index >= 15 is 0 Å². The number of nitrogens with zero attached hydrogens (tertiary/aromatic N) is 1. The number of imidazole rings is 1. The normalized spacial score (nSPS) is 10.1. The van der Waals surface area contributed by atoms with Crippen LogP contribution in [0, 0.1) is 0 Å². The molecule has 3 N–H and O–H groups in total. The first-order valence-electron chi connectivity index (χ1n) is 5.21. The summed E-state index contributed by atoms with van der Waals surface area (Å²) < 4.78 is 4.44. The molecule has 0 saturated carbocycles. The Hall–Kier alpha value is -1.56. The summed E-state index contributed by atoms with van der Waals surface area (Å²) in [7, 11) is 1.34. The second kappa shape index (κ2) is 6.84. The van der Waals surface area contributed by atoms with Gasteiger partial charge in [-0.3, -0.25) is 0 Å². The number of hydrogen-bond donors (Lipinski definition) is 3. The molecule has 0 atom stereocenters. The van der Waals surface area contributed by atoms with Crippen LogP contribution in [-0.4, -0.2) is 34.8 Å². The third-order valence-corrected chi connectivity index (χ3v) is 2.15. The van der Waals surface area contributed by atoms with Crippen LogP contribution in [0.25, 0.3) is 0 Å². The highest BCUT2D eigenvalue weighted by molar-refractivity contribution is 5.66. The van der Waals surface area contributed by atoms with Crippen molar-refractivity contribution in [3.8, 4) is 0 Å². The standard InChI is InChI=1S/C10H17N3O3/c1-16-10(15)11-5-3-2-4-9-12-6-8(7-14)13-9/h6,14H,2-5,7H2,1H3,(H,11,15)(H,12,13). The molecule has 0 unspecified atom stereocenters. The van der Waals surface area contributed by atoms with Crippen molar-refractivity contribution in [2.24, 2.45) is 0 Å². The van der Waals surface area contributed by atoms with Gasteiger partial charge >= 0.3 is 6.09 Å². The van der Waals surface area contributed by atoms with E-state index in [2.05, 4.69) is 20.0 Å². The number of nitrogens with one attached hydrogen (secondary N) is 2. The quantitative estimate of drug-likeness (QED) is 0.620. The fraction of sp³-hybridized carbons (Fsp3) is 0.600. The number of aliphatic hydroxyl groups excluding tert-OH is 1. The van der Waals surface area contributed by atoms with E-state index in [9.17, 15) is 4.79 Å². The largest absolute Gasteiger partial charge is 0.453 e. The number of methoxy groups -OCH3 is 1. The van der Waals surface area contributed by atoms with E-state index in [1.165, 1.54) is 7.11 Å². The lowest BCUT2D eigenvalue weighted by Gasteiger charge is -2.02. The maximum atomic E-state index is 10.7. The zero-order valence-electron chi connectivity index (χ0n) is 9.32. The highest BCUT2D eigenvalue weighted by Crippen LogP contribution is 2.01. The number of hydrogen-bond acceptors (Lipinski definition) is 4. The SMILES string of the molecule is COC(=O)NCCCCc1ncc(CO)[nH]1. The van der Waals surface area contributed by atoms with Gasteiger partial charge in [0.2, 0.25) is 0 Å². The summed E-state index contributed by atoms with van der Waals surface area (Å²) in [5, 5.41) is 11.4. The summed E-state index contributed by atoms with van der Waals surface area (Å²) in [6.07, 6.45) is 3.82. The highest BCUT2D eigenvalue weighted by atomic mass is 16.5. The van der Waals surface area contributed by atoms with Crippen molar-refractivity contribution in [3.63, 3.8) is 0 Å². The van der Waals surface area contributed by atoms with Gasteiger partial charge < -0.3 is 20.1 Å². The molecule has 90 valence electrons. The van der Waals surface area contributed by atoms with Crippen LogP contribution < -0.4 is 5.32 Å². The molecule has 0 aliphatic heterocycles. The number of carbonyl (C=O) groups excluding carboxylic acids is 1. The Bertz CT molecular complexity index is 325. The van der Waals surface area contributed by atoms with E-state index in [4.69, 9.17) is 5.11 Å². The zero-order valence-corrected chi connectivity index (χ0v) is 9.32. The number of aromatic amines is 1. The molecule has 16 heavy (non-hydrogen) atoms. The van der Waals surface area contributed by atoms with Gasteiger partial charge in [-0.2, -0.15) is 0 Å². The minimum atomic E-state index is -0.402. The molecule has 0 aliphatic carbocycles. The van der Waals surface area contributed by atoms with Gasteiger partial charge in [-0.15, -0.1) is 0 Å². The van der Waals surface area contributed by atoms with Crippen LogP contribution in [0.5, 0.6) is 0 Å². The maximum Gasteiger partial charge on any atom is 0.406 e. The zero-order chi connectivity index (χ0) is 11.8. The van der Waals surface area contributed by atoms with Crippen LogP contribution >= 0.6 is 0 Å². The topological polar surface area (TPSA) is 87.2 Å². The van der Waals surface area contributed by atoms with Crippen molar-refractivity contribution >= 4 is 6.09 Å². The lowest BCUT2D eigenvalue weighted by molar-refractivity contribution is 0.171. The molecule has 0 aromatic carbocycles. The average Bonchev–Trinajstić information content (AvgIpc) is 2.76. The van der Waals surface area contributed by atoms with Gasteiger partial charge in [-0.1, -0.05) is 0 Å². The van der Waals surface area contributed by atoms with Crippen LogP contribution in [0.15, 0.2) is 6.20 Å². The van der Waals surface area contributed by atoms with Crippen LogP contribution in [-0.2, 0) is 17.8 Å². The van der Waals surface area contributed by atoms with Crippen LogP contribution in [0.4, 0.5) is 4.79 Å². The summed E-state index contributed by atoms with van der Waals surface area (Å²) in [6.45, 7) is 0.580. The number of carbonyl (C=O) groups is 1. The van der Waals surface area contributed by atoms with E-state index in [0.717, 1.165) is 30.8 Å². The fourth-order valence-corrected chi connectivity index (χ4v) is 1.29. The Labute approximate surface area is 94.0 Å². The minimum Gasteiger partial charge on any atom is -0.453 e. The van der Waals surface area contributed by atoms with Crippen LogP contribution in [0.3, 0.4) is 0 Å². The molecule has 6 heteroatoms. The van der Waals surface area contributed by atoms with Gasteiger partial charge in [0.05, 0.1) is 25.6 Å². The summed E-state index contributed by atoms with van der Waals surface area (Å²) in [5.74, 6) is 0.863. The molecule has 0 fully saturated rings. The second-order valence-electron chi connectivity index (χ2n) is 3.39. The predicted octanol–water partition coefficient (Wildman–Crippen LogP) is 0.581. The first-order valence-corrected chi connectivity index (χ1v) is 5.21. The maximum absolute atomic E-state index is 10.7. The van der Waals surface area contributed by atoms with E-state index in [0.29, 0.717) is 6.54 Å². The molecule has 1 heterocycles. The van der Waals surface area contributed by atoms with Crippen molar-refractivity contribution in [1.82, 2.24) is 15.3 Å². The molecule has 0 radical (unpaired) electrons. The number of ether oxygens (including phenoxy) is 1. The van der Waals surface area contributed by atoms with Crippen molar-refractivity contribution in [2.45, 2.75) is 25.9 Å². The summed E-state index contributed by atoms with van der Waals surface area (Å²) in [6, 6.07) is 0. The summed E-state index contributed by atoms with van der Waals surface area (Å²) in [5.41, 5.74) is 0.725. The molecule has 0 bridgehead atoms. The van der Waals surface area contributed by atoms with E-state index in [-0.39, 0.29) is 6.61 Å². The number of unbranched alkanes of at least 4 members (excludes halogenated alkanes) is 1. The monoisotopic (exact) mass is 227 g/mol. The lowest BCUT2D eigenvalue weighted by Crippen LogP contribution is -2.23. The Kier molecular flexibility index (Phi) is 5.35. The molecule has 6 nitrogen and oxygen atoms in total. The molecule has 1 rings (SSSR count). The molecular formula is C10H17N3O3. The Morgan fingerprint density at radius 3 is 3.06 bits per heavy atom. The molecule has 1 aromatic heterocycles. The van der Waals surface area contributed by atoms with Crippen molar-refractivity contribution in [2.75, 3.05) is 13.7 Å². The third-order valence-electron chi connectivity index (χ3n) is 2.15.